The molecular weight excluding hydrogens is 226 g/mol. The Morgan fingerprint density at radius 2 is 2.06 bits per heavy atom. The van der Waals surface area contributed by atoms with Crippen LogP contribution in [0.5, 0.6) is 0 Å². The summed E-state index contributed by atoms with van der Waals surface area (Å²) in [5.74, 6) is 0.409. The van der Waals surface area contributed by atoms with E-state index in [4.69, 9.17) is 10.5 Å². The van der Waals surface area contributed by atoms with E-state index in [1.165, 1.54) is 12.0 Å². The monoisotopic (exact) mass is 247 g/mol. The normalized spacial score (nSPS) is 23.6. The average molecular weight is 247 g/mol. The molecular formula is C15H21NO2. The molecule has 1 aromatic carbocycles. The van der Waals surface area contributed by atoms with Crippen LogP contribution in [0.25, 0.3) is 0 Å². The molecule has 1 aliphatic rings. The van der Waals surface area contributed by atoms with E-state index in [0.29, 0.717) is 12.3 Å². The van der Waals surface area contributed by atoms with Crippen molar-refractivity contribution in [2.45, 2.75) is 51.0 Å². The zero-order valence-electron chi connectivity index (χ0n) is 10.9. The number of nitrogens with two attached hydrogens (primary N) is 1. The van der Waals surface area contributed by atoms with Gasteiger partial charge in [-0.2, -0.15) is 0 Å². The van der Waals surface area contributed by atoms with E-state index in [2.05, 4.69) is 12.1 Å². The van der Waals surface area contributed by atoms with Crippen molar-refractivity contribution in [3.8, 4) is 0 Å². The lowest BCUT2D eigenvalue weighted by Gasteiger charge is -2.29. The molecule has 98 valence electrons. The van der Waals surface area contributed by atoms with Crippen LogP contribution in [-0.4, -0.2) is 12.1 Å². The van der Waals surface area contributed by atoms with Crippen molar-refractivity contribution in [2.75, 3.05) is 5.73 Å². The summed E-state index contributed by atoms with van der Waals surface area (Å²) in [6, 6.07) is 8.06. The summed E-state index contributed by atoms with van der Waals surface area (Å²) in [5.41, 5.74) is 7.80. The highest BCUT2D eigenvalue weighted by molar-refractivity contribution is 5.69. The molecule has 1 aromatic rings. The first kappa shape index (κ1) is 12.9. The van der Waals surface area contributed by atoms with Crippen LogP contribution in [0.1, 0.15) is 50.5 Å². The fourth-order valence-corrected chi connectivity index (χ4v) is 2.59. The lowest BCUT2D eigenvalue weighted by Crippen LogP contribution is -2.24. The lowest BCUT2D eigenvalue weighted by molar-refractivity contribution is -0.150. The number of hydrogen-bond acceptors (Lipinski definition) is 3. The fraction of sp³-hybridized carbons (Fsp3) is 0.533. The van der Waals surface area contributed by atoms with Gasteiger partial charge in [0.15, 0.2) is 0 Å². The molecule has 1 fully saturated rings. The standard InChI is InChI=1S/C15H21NO2/c1-2-15(17)18-14-5-3-4-12(10-14)11-6-8-13(16)9-7-11/h6-9,12,14H,2-5,10,16H2,1H3. The van der Waals surface area contributed by atoms with Gasteiger partial charge in [0.05, 0.1) is 0 Å². The predicted octanol–water partition coefficient (Wildman–Crippen LogP) is 3.25. The minimum Gasteiger partial charge on any atom is -0.462 e. The topological polar surface area (TPSA) is 52.3 Å². The van der Waals surface area contributed by atoms with E-state index in [0.717, 1.165) is 24.9 Å². The summed E-state index contributed by atoms with van der Waals surface area (Å²) in [6.45, 7) is 1.84. The number of benzene rings is 1. The number of rotatable bonds is 3. The third-order valence-electron chi connectivity index (χ3n) is 3.62. The van der Waals surface area contributed by atoms with Crippen molar-refractivity contribution in [1.82, 2.24) is 0 Å². The van der Waals surface area contributed by atoms with Crippen LogP contribution in [0.15, 0.2) is 24.3 Å². The number of hydrogen-bond donors (Lipinski definition) is 1. The third-order valence-corrected chi connectivity index (χ3v) is 3.62. The summed E-state index contributed by atoms with van der Waals surface area (Å²) in [4.78, 5) is 11.3. The highest BCUT2D eigenvalue weighted by Gasteiger charge is 2.25. The van der Waals surface area contributed by atoms with E-state index < -0.39 is 0 Å². The van der Waals surface area contributed by atoms with E-state index in [1.54, 1.807) is 0 Å². The maximum Gasteiger partial charge on any atom is 0.305 e. The van der Waals surface area contributed by atoms with Crippen LogP contribution in [0.2, 0.25) is 0 Å². The van der Waals surface area contributed by atoms with Gasteiger partial charge < -0.3 is 10.5 Å². The second-order valence-electron chi connectivity index (χ2n) is 5.00. The second-order valence-corrected chi connectivity index (χ2v) is 5.00. The van der Waals surface area contributed by atoms with Gasteiger partial charge >= 0.3 is 5.97 Å². The smallest absolute Gasteiger partial charge is 0.305 e. The van der Waals surface area contributed by atoms with Crippen LogP contribution in [0, 0.1) is 0 Å². The van der Waals surface area contributed by atoms with Crippen LogP contribution in [0.3, 0.4) is 0 Å². The molecule has 2 rings (SSSR count). The van der Waals surface area contributed by atoms with E-state index in [9.17, 15) is 4.79 Å². The van der Waals surface area contributed by atoms with Gasteiger partial charge in [0.25, 0.3) is 0 Å². The number of carbonyl (C=O) groups excluding carboxylic acids is 1. The molecule has 2 N–H and O–H groups in total. The summed E-state index contributed by atoms with van der Waals surface area (Å²) >= 11 is 0. The predicted molar refractivity (Wildman–Crippen MR) is 72.2 cm³/mol. The van der Waals surface area contributed by atoms with Crippen LogP contribution in [-0.2, 0) is 9.53 Å². The molecule has 1 aliphatic carbocycles. The van der Waals surface area contributed by atoms with Crippen molar-refractivity contribution in [1.29, 1.82) is 0 Å². The first-order valence-electron chi connectivity index (χ1n) is 6.74. The number of nitrogen functional groups attached to an aromatic ring is 1. The van der Waals surface area contributed by atoms with Gasteiger partial charge in [-0.15, -0.1) is 0 Å². The zero-order valence-corrected chi connectivity index (χ0v) is 10.9. The Morgan fingerprint density at radius 1 is 1.33 bits per heavy atom. The molecule has 0 heterocycles. The quantitative estimate of drug-likeness (QED) is 0.659. The van der Waals surface area contributed by atoms with Crippen molar-refractivity contribution >= 4 is 11.7 Å². The molecule has 0 aromatic heterocycles. The van der Waals surface area contributed by atoms with Gasteiger partial charge in [0.1, 0.15) is 6.10 Å². The summed E-state index contributed by atoms with van der Waals surface area (Å²) in [7, 11) is 0. The van der Waals surface area contributed by atoms with Crippen molar-refractivity contribution in [3.63, 3.8) is 0 Å². The average Bonchev–Trinajstić information content (AvgIpc) is 2.40. The van der Waals surface area contributed by atoms with Gasteiger partial charge in [-0.1, -0.05) is 19.1 Å². The lowest BCUT2D eigenvalue weighted by atomic mass is 9.82. The van der Waals surface area contributed by atoms with Crippen molar-refractivity contribution < 1.29 is 9.53 Å². The number of esters is 1. The van der Waals surface area contributed by atoms with Gasteiger partial charge in [-0.3, -0.25) is 4.79 Å². The molecule has 0 aliphatic heterocycles. The van der Waals surface area contributed by atoms with E-state index >= 15 is 0 Å². The Labute approximate surface area is 108 Å². The van der Waals surface area contributed by atoms with E-state index in [-0.39, 0.29) is 12.1 Å². The molecule has 3 nitrogen and oxygen atoms in total. The van der Waals surface area contributed by atoms with Crippen molar-refractivity contribution in [3.05, 3.63) is 29.8 Å². The summed E-state index contributed by atoms with van der Waals surface area (Å²) in [5, 5.41) is 0. The van der Waals surface area contributed by atoms with Crippen LogP contribution < -0.4 is 5.73 Å². The van der Waals surface area contributed by atoms with Gasteiger partial charge in [0, 0.05) is 12.1 Å². The Kier molecular flexibility index (Phi) is 4.24. The number of anilines is 1. The minimum atomic E-state index is -0.0852. The molecule has 0 radical (unpaired) electrons. The highest BCUT2D eigenvalue weighted by Crippen LogP contribution is 2.34. The molecule has 0 bridgehead atoms. The van der Waals surface area contributed by atoms with Gasteiger partial charge in [0.2, 0.25) is 0 Å². The van der Waals surface area contributed by atoms with Crippen LogP contribution in [0.4, 0.5) is 5.69 Å². The molecule has 0 amide bonds. The number of ether oxygens (including phenoxy) is 1. The summed E-state index contributed by atoms with van der Waals surface area (Å²) in [6.07, 6.45) is 4.78. The fourth-order valence-electron chi connectivity index (χ4n) is 2.59. The molecule has 2 atom stereocenters. The molecule has 3 heteroatoms. The second kappa shape index (κ2) is 5.89. The molecule has 2 unspecified atom stereocenters. The summed E-state index contributed by atoms with van der Waals surface area (Å²) < 4.78 is 5.45. The molecule has 0 saturated heterocycles. The Morgan fingerprint density at radius 3 is 2.72 bits per heavy atom. The SMILES string of the molecule is CCC(=O)OC1CCCC(c2ccc(N)cc2)C1. The highest BCUT2D eigenvalue weighted by atomic mass is 16.5. The van der Waals surface area contributed by atoms with E-state index in [1.807, 2.05) is 19.1 Å². The van der Waals surface area contributed by atoms with Crippen LogP contribution >= 0.6 is 0 Å². The van der Waals surface area contributed by atoms with Gasteiger partial charge in [-0.05, 0) is 49.3 Å². The maximum absolute atomic E-state index is 11.3. The van der Waals surface area contributed by atoms with Gasteiger partial charge in [-0.25, -0.2) is 0 Å². The third kappa shape index (κ3) is 3.25. The first-order chi connectivity index (χ1) is 8.69. The molecule has 18 heavy (non-hydrogen) atoms. The Balaban J connectivity index is 1.98. The molecule has 0 spiro atoms. The zero-order chi connectivity index (χ0) is 13.0. The number of carbonyl (C=O) groups is 1. The largest absolute Gasteiger partial charge is 0.462 e. The first-order valence-corrected chi connectivity index (χ1v) is 6.74. The Bertz CT molecular complexity index is 399. The van der Waals surface area contributed by atoms with Crippen molar-refractivity contribution in [2.24, 2.45) is 0 Å². The minimum absolute atomic E-state index is 0.0852. The maximum atomic E-state index is 11.3. The molecule has 1 saturated carbocycles. The Hall–Kier alpha value is -1.51.